The number of nitrogens with one attached hydrogen (secondary N) is 1. The van der Waals surface area contributed by atoms with Crippen LogP contribution in [0.25, 0.3) is 0 Å². The van der Waals surface area contributed by atoms with Crippen LogP contribution >= 0.6 is 11.6 Å². The Morgan fingerprint density at radius 2 is 1.80 bits per heavy atom. The van der Waals surface area contributed by atoms with Crippen molar-refractivity contribution in [2.75, 3.05) is 26.2 Å². The Bertz CT molecular complexity index is 867. The maximum atomic E-state index is 13.0. The van der Waals surface area contributed by atoms with Crippen molar-refractivity contribution in [3.63, 3.8) is 0 Å². The molecule has 160 valence electrons. The Kier molecular flexibility index (Phi) is 8.14. The van der Waals surface area contributed by atoms with Crippen molar-refractivity contribution < 1.29 is 14.3 Å². The topological polar surface area (TPSA) is 58.6 Å². The smallest absolute Gasteiger partial charge is 0.255 e. The average Bonchev–Trinajstić information content (AvgIpc) is 2.77. The van der Waals surface area contributed by atoms with E-state index in [0.29, 0.717) is 42.6 Å². The largest absolute Gasteiger partial charge is 0.493 e. The summed E-state index contributed by atoms with van der Waals surface area (Å²) in [4.78, 5) is 27.4. The fraction of sp³-hybridized carbons (Fsp3) is 0.417. The highest BCUT2D eigenvalue weighted by molar-refractivity contribution is 6.31. The number of aryl methyl sites for hydroxylation is 1. The number of carbonyl (C=O) groups is 2. The first-order chi connectivity index (χ1) is 14.6. The number of benzene rings is 2. The number of fused-ring (bicyclic) bond motifs is 1. The summed E-state index contributed by atoms with van der Waals surface area (Å²) in [5.74, 6) is 0.418. The maximum absolute atomic E-state index is 13.0. The van der Waals surface area contributed by atoms with Gasteiger partial charge in [-0.2, -0.15) is 0 Å². The summed E-state index contributed by atoms with van der Waals surface area (Å²) < 4.78 is 5.84. The quantitative estimate of drug-likeness (QED) is 0.752. The zero-order chi connectivity index (χ0) is 21.3. The molecule has 1 aliphatic heterocycles. The molecule has 0 aliphatic carbocycles. The minimum atomic E-state index is -0.187. The number of hydrogen-bond donors (Lipinski definition) is 1. The van der Waals surface area contributed by atoms with Gasteiger partial charge in [0, 0.05) is 30.2 Å². The first-order valence-corrected chi connectivity index (χ1v) is 11.0. The van der Waals surface area contributed by atoms with Crippen LogP contribution in [0.15, 0.2) is 42.5 Å². The number of hydrogen-bond acceptors (Lipinski definition) is 3. The first-order valence-electron chi connectivity index (χ1n) is 10.7. The second kappa shape index (κ2) is 11.0. The molecule has 0 bridgehead atoms. The number of carbonyl (C=O) groups excluding carboxylic acids is 2. The van der Waals surface area contributed by atoms with Crippen LogP contribution in [0, 0.1) is 0 Å². The first kappa shape index (κ1) is 22.2. The van der Waals surface area contributed by atoms with Gasteiger partial charge in [-0.25, -0.2) is 0 Å². The van der Waals surface area contributed by atoms with Gasteiger partial charge in [-0.05, 0) is 68.0 Å². The number of ether oxygens (including phenoxy) is 1. The predicted molar refractivity (Wildman–Crippen MR) is 119 cm³/mol. The van der Waals surface area contributed by atoms with Gasteiger partial charge in [-0.3, -0.25) is 9.59 Å². The number of halogens is 1. The predicted octanol–water partition coefficient (Wildman–Crippen LogP) is 4.73. The summed E-state index contributed by atoms with van der Waals surface area (Å²) in [5.41, 5.74) is 2.41. The minimum Gasteiger partial charge on any atom is -0.493 e. The average molecular weight is 429 g/mol. The highest BCUT2D eigenvalue weighted by atomic mass is 35.5. The number of rotatable bonds is 2. The van der Waals surface area contributed by atoms with Gasteiger partial charge in [0.2, 0.25) is 0 Å². The lowest BCUT2D eigenvalue weighted by Gasteiger charge is -2.23. The molecule has 2 aromatic carbocycles. The Morgan fingerprint density at radius 3 is 2.53 bits per heavy atom. The molecule has 0 atom stereocenters. The fourth-order valence-electron chi connectivity index (χ4n) is 3.50. The third-order valence-electron chi connectivity index (χ3n) is 5.30. The number of amides is 2. The van der Waals surface area contributed by atoms with E-state index in [1.165, 1.54) is 5.56 Å². The summed E-state index contributed by atoms with van der Waals surface area (Å²) in [6.45, 7) is 4.49. The highest BCUT2D eigenvalue weighted by Crippen LogP contribution is 2.23. The van der Waals surface area contributed by atoms with E-state index in [4.69, 9.17) is 16.3 Å². The molecule has 0 fully saturated rings. The molecule has 2 amide bonds. The van der Waals surface area contributed by atoms with Crippen LogP contribution in [0.2, 0.25) is 5.02 Å². The summed E-state index contributed by atoms with van der Waals surface area (Å²) in [6.07, 6.45) is 4.22. The number of nitrogens with zero attached hydrogens (tertiary/aromatic N) is 1. The van der Waals surface area contributed by atoms with Gasteiger partial charge in [0.15, 0.2) is 0 Å². The van der Waals surface area contributed by atoms with Crippen molar-refractivity contribution in [1.82, 2.24) is 10.2 Å². The molecule has 3 rings (SSSR count). The zero-order valence-electron chi connectivity index (χ0n) is 17.5. The van der Waals surface area contributed by atoms with Crippen molar-refractivity contribution in [3.05, 3.63) is 64.2 Å². The van der Waals surface area contributed by atoms with Crippen molar-refractivity contribution >= 4 is 23.4 Å². The van der Waals surface area contributed by atoms with Crippen LogP contribution in [-0.4, -0.2) is 43.0 Å². The van der Waals surface area contributed by atoms with E-state index in [-0.39, 0.29) is 11.8 Å². The molecule has 0 saturated heterocycles. The van der Waals surface area contributed by atoms with E-state index < -0.39 is 0 Å². The lowest BCUT2D eigenvalue weighted by atomic mass is 10.1. The Labute approximate surface area is 183 Å². The molecule has 0 saturated carbocycles. The molecule has 0 aromatic heterocycles. The van der Waals surface area contributed by atoms with E-state index in [1.807, 2.05) is 29.2 Å². The third kappa shape index (κ3) is 5.99. The van der Waals surface area contributed by atoms with Crippen molar-refractivity contribution in [1.29, 1.82) is 0 Å². The lowest BCUT2D eigenvalue weighted by molar-refractivity contribution is 0.0745. The summed E-state index contributed by atoms with van der Waals surface area (Å²) in [5, 5.41) is 3.44. The van der Waals surface area contributed by atoms with E-state index in [2.05, 4.69) is 12.2 Å². The van der Waals surface area contributed by atoms with Crippen LogP contribution in [0.5, 0.6) is 5.75 Å². The summed E-state index contributed by atoms with van der Waals surface area (Å²) in [7, 11) is 0. The van der Waals surface area contributed by atoms with Gasteiger partial charge in [-0.15, -0.1) is 0 Å². The van der Waals surface area contributed by atoms with Gasteiger partial charge < -0.3 is 15.0 Å². The Balaban J connectivity index is 1.66. The van der Waals surface area contributed by atoms with Gasteiger partial charge in [0.1, 0.15) is 5.75 Å². The molecule has 0 spiro atoms. The van der Waals surface area contributed by atoms with Crippen molar-refractivity contribution in [2.45, 2.75) is 39.0 Å². The van der Waals surface area contributed by atoms with Gasteiger partial charge >= 0.3 is 0 Å². The van der Waals surface area contributed by atoms with Gasteiger partial charge in [-0.1, -0.05) is 30.7 Å². The standard InChI is InChI=1S/C24H29ClN2O3/c1-2-18-7-9-19(10-8-18)24(29)27-14-4-3-13-26-23(28)21-17-20(25)11-12-22(21)30-16-6-5-15-27/h7-12,17H,2-6,13-16H2,1H3,(H,26,28). The van der Waals surface area contributed by atoms with E-state index in [0.717, 1.165) is 37.7 Å². The fourth-order valence-corrected chi connectivity index (χ4v) is 3.67. The van der Waals surface area contributed by atoms with E-state index >= 15 is 0 Å². The normalized spacial score (nSPS) is 16.1. The molecule has 1 heterocycles. The van der Waals surface area contributed by atoms with Crippen molar-refractivity contribution in [3.8, 4) is 5.75 Å². The lowest BCUT2D eigenvalue weighted by Crippen LogP contribution is -2.34. The molecule has 1 aliphatic rings. The monoisotopic (exact) mass is 428 g/mol. The molecular weight excluding hydrogens is 400 g/mol. The molecule has 0 unspecified atom stereocenters. The SMILES string of the molecule is CCc1ccc(C(=O)N2CCCCNC(=O)c3cc(Cl)ccc3OCCCC2)cc1. The van der Waals surface area contributed by atoms with Crippen LogP contribution < -0.4 is 10.1 Å². The third-order valence-corrected chi connectivity index (χ3v) is 5.54. The van der Waals surface area contributed by atoms with Crippen LogP contribution in [0.3, 0.4) is 0 Å². The van der Waals surface area contributed by atoms with Crippen LogP contribution in [-0.2, 0) is 6.42 Å². The van der Waals surface area contributed by atoms with E-state index in [9.17, 15) is 9.59 Å². The molecule has 30 heavy (non-hydrogen) atoms. The molecule has 2 aromatic rings. The van der Waals surface area contributed by atoms with Crippen LogP contribution in [0.4, 0.5) is 0 Å². The van der Waals surface area contributed by atoms with Crippen LogP contribution in [0.1, 0.15) is 58.9 Å². The van der Waals surface area contributed by atoms with Gasteiger partial charge in [0.05, 0.1) is 12.2 Å². The highest BCUT2D eigenvalue weighted by Gasteiger charge is 2.17. The second-order valence-corrected chi connectivity index (χ2v) is 7.94. The molecule has 0 radical (unpaired) electrons. The van der Waals surface area contributed by atoms with E-state index in [1.54, 1.807) is 18.2 Å². The maximum Gasteiger partial charge on any atom is 0.255 e. The van der Waals surface area contributed by atoms with Crippen molar-refractivity contribution in [2.24, 2.45) is 0 Å². The summed E-state index contributed by atoms with van der Waals surface area (Å²) in [6, 6.07) is 13.0. The molecule has 5 nitrogen and oxygen atoms in total. The van der Waals surface area contributed by atoms with Gasteiger partial charge in [0.25, 0.3) is 11.8 Å². The summed E-state index contributed by atoms with van der Waals surface area (Å²) >= 11 is 6.06. The molecule has 6 heteroatoms. The Morgan fingerprint density at radius 1 is 1.07 bits per heavy atom. The second-order valence-electron chi connectivity index (χ2n) is 7.50. The molecule has 1 N–H and O–H groups in total. The Hall–Kier alpha value is -2.53. The minimum absolute atomic E-state index is 0.0645. The zero-order valence-corrected chi connectivity index (χ0v) is 18.2. The molecular formula is C24H29ClN2O3.